The van der Waals surface area contributed by atoms with Crippen molar-refractivity contribution in [3.8, 4) is 0 Å². The molecule has 0 amide bonds. The molecular weight excluding hydrogens is 406 g/mol. The predicted octanol–water partition coefficient (Wildman–Crippen LogP) is 4.33. The van der Waals surface area contributed by atoms with Gasteiger partial charge in [0.15, 0.2) is 5.76 Å². The van der Waals surface area contributed by atoms with Crippen LogP contribution in [-0.2, 0) is 13.1 Å². The highest BCUT2D eigenvalue weighted by atomic mass is 79.9. The van der Waals surface area contributed by atoms with Crippen molar-refractivity contribution in [2.45, 2.75) is 20.0 Å². The van der Waals surface area contributed by atoms with Crippen LogP contribution in [0.4, 0.5) is 0 Å². The first-order valence-electron chi connectivity index (χ1n) is 8.48. The summed E-state index contributed by atoms with van der Waals surface area (Å²) in [5, 5.41) is 8.63. The van der Waals surface area contributed by atoms with E-state index in [2.05, 4.69) is 31.2 Å². The number of fused-ring (bicyclic) bond motifs is 1. The Morgan fingerprint density at radius 3 is 2.26 bits per heavy atom. The van der Waals surface area contributed by atoms with Crippen LogP contribution in [0.3, 0.4) is 0 Å². The SMILES string of the molecule is Br.Cc1ccc(Cn2c(=N)n(CC(=O)c3ccco3)c3ccccc32)cc1. The fraction of sp³-hybridized carbons (Fsp3) is 0.143. The van der Waals surface area contributed by atoms with Gasteiger partial charge in [0.05, 0.1) is 30.4 Å². The molecule has 0 saturated carbocycles. The minimum Gasteiger partial charge on any atom is -0.461 e. The molecule has 0 bridgehead atoms. The van der Waals surface area contributed by atoms with Gasteiger partial charge in [-0.15, -0.1) is 17.0 Å². The van der Waals surface area contributed by atoms with Gasteiger partial charge < -0.3 is 13.6 Å². The van der Waals surface area contributed by atoms with Crippen molar-refractivity contribution in [3.63, 3.8) is 0 Å². The number of aromatic nitrogens is 2. The number of ketones is 1. The van der Waals surface area contributed by atoms with Crippen molar-refractivity contribution >= 4 is 33.8 Å². The molecule has 0 aliphatic carbocycles. The molecule has 138 valence electrons. The van der Waals surface area contributed by atoms with Crippen LogP contribution in [0, 0.1) is 12.3 Å². The molecule has 2 heterocycles. The van der Waals surface area contributed by atoms with Crippen LogP contribution >= 0.6 is 17.0 Å². The topological polar surface area (TPSA) is 63.9 Å². The first kappa shape index (κ1) is 18.9. The second-order valence-electron chi connectivity index (χ2n) is 6.37. The summed E-state index contributed by atoms with van der Waals surface area (Å²) >= 11 is 0. The van der Waals surface area contributed by atoms with Gasteiger partial charge in [-0.25, -0.2) is 0 Å². The molecule has 1 N–H and O–H groups in total. The first-order valence-corrected chi connectivity index (χ1v) is 8.48. The van der Waals surface area contributed by atoms with E-state index in [1.54, 1.807) is 16.7 Å². The van der Waals surface area contributed by atoms with Crippen LogP contribution in [0.25, 0.3) is 11.0 Å². The number of hydrogen-bond donors (Lipinski definition) is 1. The maximum atomic E-state index is 12.5. The van der Waals surface area contributed by atoms with Gasteiger partial charge >= 0.3 is 0 Å². The summed E-state index contributed by atoms with van der Waals surface area (Å²) in [6.45, 7) is 2.72. The molecule has 4 aromatic rings. The molecule has 0 aliphatic heterocycles. The predicted molar refractivity (Wildman–Crippen MR) is 109 cm³/mol. The highest BCUT2D eigenvalue weighted by molar-refractivity contribution is 8.93. The Labute approximate surface area is 167 Å². The molecule has 5 nitrogen and oxygen atoms in total. The molecule has 2 aromatic heterocycles. The third-order valence-electron chi connectivity index (χ3n) is 4.53. The number of rotatable bonds is 5. The van der Waals surface area contributed by atoms with Gasteiger partial charge in [0.2, 0.25) is 11.4 Å². The summed E-state index contributed by atoms with van der Waals surface area (Å²) in [5.41, 5.74) is 4.42. The van der Waals surface area contributed by atoms with E-state index in [0.717, 1.165) is 16.6 Å². The van der Waals surface area contributed by atoms with Gasteiger partial charge in [-0.2, -0.15) is 0 Å². The second kappa shape index (κ2) is 7.80. The molecule has 0 radical (unpaired) electrons. The van der Waals surface area contributed by atoms with Gasteiger partial charge in [0.1, 0.15) is 0 Å². The quantitative estimate of drug-likeness (QED) is 0.483. The highest BCUT2D eigenvalue weighted by Crippen LogP contribution is 2.16. The maximum Gasteiger partial charge on any atom is 0.217 e. The van der Waals surface area contributed by atoms with Gasteiger partial charge in [-0.05, 0) is 36.8 Å². The molecule has 0 saturated heterocycles. The second-order valence-corrected chi connectivity index (χ2v) is 6.37. The minimum absolute atomic E-state index is 0. The largest absolute Gasteiger partial charge is 0.461 e. The zero-order chi connectivity index (χ0) is 18.1. The summed E-state index contributed by atoms with van der Waals surface area (Å²) in [7, 11) is 0. The number of Topliss-reactive ketones (excluding diaryl/α,β-unsaturated/α-hetero) is 1. The highest BCUT2D eigenvalue weighted by Gasteiger charge is 2.16. The third kappa shape index (κ3) is 3.66. The summed E-state index contributed by atoms with van der Waals surface area (Å²) in [4.78, 5) is 12.5. The summed E-state index contributed by atoms with van der Waals surface area (Å²) in [5.74, 6) is 0.166. The van der Waals surface area contributed by atoms with E-state index in [9.17, 15) is 4.79 Å². The monoisotopic (exact) mass is 425 g/mol. The van der Waals surface area contributed by atoms with Gasteiger partial charge in [-0.1, -0.05) is 42.0 Å². The number of carbonyl (C=O) groups excluding carboxylic acids is 1. The lowest BCUT2D eigenvalue weighted by Gasteiger charge is -2.05. The Bertz CT molecular complexity index is 1120. The van der Waals surface area contributed by atoms with Crippen molar-refractivity contribution in [2.24, 2.45) is 0 Å². The number of imidazole rings is 1. The van der Waals surface area contributed by atoms with Crippen molar-refractivity contribution in [1.29, 1.82) is 5.41 Å². The van der Waals surface area contributed by atoms with Crippen LogP contribution in [0.2, 0.25) is 0 Å². The fourth-order valence-electron chi connectivity index (χ4n) is 3.15. The van der Waals surface area contributed by atoms with Crippen molar-refractivity contribution in [3.05, 3.63) is 89.4 Å². The minimum atomic E-state index is -0.147. The smallest absolute Gasteiger partial charge is 0.217 e. The number of para-hydroxylation sites is 2. The van der Waals surface area contributed by atoms with Crippen molar-refractivity contribution in [2.75, 3.05) is 0 Å². The first-order chi connectivity index (χ1) is 12.6. The van der Waals surface area contributed by atoms with Crippen LogP contribution in [-0.4, -0.2) is 14.9 Å². The third-order valence-corrected chi connectivity index (χ3v) is 4.53. The van der Waals surface area contributed by atoms with Crippen LogP contribution < -0.4 is 5.62 Å². The van der Waals surface area contributed by atoms with Crippen molar-refractivity contribution < 1.29 is 9.21 Å². The molecule has 0 atom stereocenters. The Hall–Kier alpha value is -2.86. The number of nitrogens with zero attached hydrogens (tertiary/aromatic N) is 2. The lowest BCUT2D eigenvalue weighted by atomic mass is 10.1. The molecular formula is C21H20BrN3O2. The van der Waals surface area contributed by atoms with Crippen LogP contribution in [0.1, 0.15) is 21.7 Å². The van der Waals surface area contributed by atoms with Crippen LogP contribution in [0.5, 0.6) is 0 Å². The standard InChI is InChI=1S/C21H19N3O2.BrH/c1-15-8-10-16(11-9-15)13-23-17-5-2-3-6-18(17)24(21(23)22)14-19(25)20-7-4-12-26-20;/h2-12,22H,13-14H2,1H3;1H. The fourth-order valence-corrected chi connectivity index (χ4v) is 3.15. The zero-order valence-corrected chi connectivity index (χ0v) is 16.6. The summed E-state index contributed by atoms with van der Waals surface area (Å²) in [6, 6.07) is 19.4. The Balaban J connectivity index is 0.00000210. The van der Waals surface area contributed by atoms with E-state index < -0.39 is 0 Å². The maximum absolute atomic E-state index is 12.5. The number of nitrogens with one attached hydrogen (secondary N) is 1. The molecule has 6 heteroatoms. The van der Waals surface area contributed by atoms with E-state index in [1.807, 2.05) is 28.8 Å². The number of furan rings is 1. The molecule has 0 spiro atoms. The number of benzene rings is 2. The van der Waals surface area contributed by atoms with E-state index >= 15 is 0 Å². The lowest BCUT2D eigenvalue weighted by molar-refractivity contribution is 0.0944. The van der Waals surface area contributed by atoms with E-state index in [1.165, 1.54) is 11.8 Å². The number of carbonyl (C=O) groups is 1. The van der Waals surface area contributed by atoms with E-state index in [4.69, 9.17) is 9.83 Å². The Kier molecular flexibility index (Phi) is 5.46. The lowest BCUT2D eigenvalue weighted by Crippen LogP contribution is -2.27. The Morgan fingerprint density at radius 1 is 0.963 bits per heavy atom. The molecule has 27 heavy (non-hydrogen) atoms. The number of hydrogen-bond acceptors (Lipinski definition) is 3. The van der Waals surface area contributed by atoms with Gasteiger partial charge in [-0.3, -0.25) is 10.2 Å². The van der Waals surface area contributed by atoms with E-state index in [-0.39, 0.29) is 29.3 Å². The molecule has 0 aliphatic rings. The molecule has 2 aromatic carbocycles. The van der Waals surface area contributed by atoms with Gasteiger partial charge in [0, 0.05) is 0 Å². The van der Waals surface area contributed by atoms with Gasteiger partial charge in [0.25, 0.3) is 0 Å². The molecule has 0 unspecified atom stereocenters. The number of halogens is 1. The molecule has 0 fully saturated rings. The normalized spacial score (nSPS) is 10.7. The average Bonchev–Trinajstić information content (AvgIpc) is 3.27. The summed E-state index contributed by atoms with van der Waals surface area (Å²) in [6.07, 6.45) is 1.49. The molecule has 4 rings (SSSR count). The summed E-state index contributed by atoms with van der Waals surface area (Å²) < 4.78 is 8.86. The van der Waals surface area contributed by atoms with Crippen molar-refractivity contribution in [1.82, 2.24) is 9.13 Å². The Morgan fingerprint density at radius 2 is 1.63 bits per heavy atom. The number of aryl methyl sites for hydroxylation is 1. The zero-order valence-electron chi connectivity index (χ0n) is 14.9. The average molecular weight is 426 g/mol. The van der Waals surface area contributed by atoms with Crippen LogP contribution in [0.15, 0.2) is 71.3 Å². The van der Waals surface area contributed by atoms with E-state index in [0.29, 0.717) is 17.9 Å².